The zero-order valence-electron chi connectivity index (χ0n) is 14.3. The van der Waals surface area contributed by atoms with Crippen molar-refractivity contribution in [2.45, 2.75) is 0 Å². The zero-order chi connectivity index (χ0) is 18.2. The molecule has 24 heavy (non-hydrogen) atoms. The summed E-state index contributed by atoms with van der Waals surface area (Å²) >= 11 is 0. The summed E-state index contributed by atoms with van der Waals surface area (Å²) < 4.78 is 26.4. The molecule has 0 aliphatic carbocycles. The number of hydrogen-bond donors (Lipinski definition) is 0. The molecular weight excluding hydrogens is 333 g/mol. The van der Waals surface area contributed by atoms with Gasteiger partial charge in [0.15, 0.2) is 0 Å². The van der Waals surface area contributed by atoms with Crippen molar-refractivity contribution in [3.8, 4) is 0 Å². The summed E-state index contributed by atoms with van der Waals surface area (Å²) in [5.74, 6) is -0.555. The van der Waals surface area contributed by atoms with E-state index in [1.54, 1.807) is 30.3 Å². The van der Waals surface area contributed by atoms with Crippen molar-refractivity contribution < 1.29 is 32.5 Å². The number of carbonyl (C=O) groups excluding carboxylic acids is 1. The molecule has 0 N–H and O–H groups in total. The lowest BCUT2D eigenvalue weighted by molar-refractivity contribution is -0.870. The highest BCUT2D eigenvalue weighted by molar-refractivity contribution is 7.45. The molecular formula is C16H24NO6P. The van der Waals surface area contributed by atoms with E-state index >= 15 is 0 Å². The van der Waals surface area contributed by atoms with Crippen LogP contribution in [0.15, 0.2) is 30.8 Å². The van der Waals surface area contributed by atoms with Gasteiger partial charge in [-0.05, 0) is 17.7 Å². The average Bonchev–Trinajstić information content (AvgIpc) is 2.50. The minimum absolute atomic E-state index is 0.0275. The number of phosphoric ester groups is 1. The molecule has 0 bridgehead atoms. The number of carbonyl (C=O) groups is 1. The van der Waals surface area contributed by atoms with Gasteiger partial charge in [-0.1, -0.05) is 24.8 Å². The first-order valence-electron chi connectivity index (χ1n) is 7.43. The van der Waals surface area contributed by atoms with Gasteiger partial charge in [0.2, 0.25) is 0 Å². The Morgan fingerprint density at radius 1 is 1.17 bits per heavy atom. The van der Waals surface area contributed by atoms with E-state index in [1.807, 2.05) is 21.1 Å². The van der Waals surface area contributed by atoms with Gasteiger partial charge in [-0.15, -0.1) is 0 Å². The van der Waals surface area contributed by atoms with Gasteiger partial charge < -0.3 is 23.2 Å². The van der Waals surface area contributed by atoms with Crippen molar-refractivity contribution in [1.82, 2.24) is 0 Å². The maximum absolute atomic E-state index is 11.8. The number of hydrogen-bond acceptors (Lipinski definition) is 6. The van der Waals surface area contributed by atoms with Gasteiger partial charge in [-0.25, -0.2) is 4.79 Å². The highest BCUT2D eigenvalue weighted by Gasteiger charge is 2.14. The number of likely N-dealkylation sites (N-methyl/N-ethyl adjacent to an activating group) is 1. The van der Waals surface area contributed by atoms with E-state index in [0.29, 0.717) is 16.6 Å². The van der Waals surface area contributed by atoms with E-state index in [-0.39, 0.29) is 19.8 Å². The van der Waals surface area contributed by atoms with Crippen LogP contribution in [0.4, 0.5) is 0 Å². The lowest BCUT2D eigenvalue weighted by Crippen LogP contribution is -2.37. The molecule has 0 aliphatic heterocycles. The normalized spacial score (nSPS) is 14.0. The van der Waals surface area contributed by atoms with Crippen LogP contribution in [0.1, 0.15) is 15.9 Å². The van der Waals surface area contributed by atoms with Crippen LogP contribution in [0.5, 0.6) is 0 Å². The van der Waals surface area contributed by atoms with Crippen LogP contribution in [0.3, 0.4) is 0 Å². The van der Waals surface area contributed by atoms with E-state index in [1.165, 1.54) is 0 Å². The molecule has 1 aromatic carbocycles. The van der Waals surface area contributed by atoms with Crippen LogP contribution in [-0.2, 0) is 18.3 Å². The first-order valence-corrected chi connectivity index (χ1v) is 8.89. The second-order valence-corrected chi connectivity index (χ2v) is 7.50. The van der Waals surface area contributed by atoms with Crippen molar-refractivity contribution in [3.63, 3.8) is 0 Å². The fraction of sp³-hybridized carbons (Fsp3) is 0.438. The number of nitrogens with zero attached hydrogens (tertiary/aromatic N) is 1. The average molecular weight is 357 g/mol. The zero-order valence-corrected chi connectivity index (χ0v) is 15.2. The van der Waals surface area contributed by atoms with E-state index in [9.17, 15) is 14.3 Å². The van der Waals surface area contributed by atoms with Crippen LogP contribution < -0.4 is 4.89 Å². The second-order valence-electron chi connectivity index (χ2n) is 6.09. The minimum Gasteiger partial charge on any atom is -0.756 e. The van der Waals surface area contributed by atoms with Crippen molar-refractivity contribution in [3.05, 3.63) is 42.0 Å². The van der Waals surface area contributed by atoms with E-state index in [2.05, 4.69) is 11.1 Å². The molecule has 1 rings (SSSR count). The molecule has 7 nitrogen and oxygen atoms in total. The van der Waals surface area contributed by atoms with Crippen LogP contribution in [0.25, 0.3) is 6.08 Å². The summed E-state index contributed by atoms with van der Waals surface area (Å²) in [5, 5.41) is 0. The molecule has 134 valence electrons. The van der Waals surface area contributed by atoms with Crippen molar-refractivity contribution in [2.75, 3.05) is 47.5 Å². The van der Waals surface area contributed by atoms with Crippen molar-refractivity contribution in [1.29, 1.82) is 0 Å². The number of quaternary nitrogens is 1. The van der Waals surface area contributed by atoms with Crippen molar-refractivity contribution >= 4 is 19.9 Å². The second kappa shape index (κ2) is 9.11. The summed E-state index contributed by atoms with van der Waals surface area (Å²) in [6.45, 7) is 3.69. The third-order valence-electron chi connectivity index (χ3n) is 2.96. The monoisotopic (exact) mass is 357 g/mol. The van der Waals surface area contributed by atoms with E-state index in [4.69, 9.17) is 9.26 Å². The number of esters is 1. The van der Waals surface area contributed by atoms with Gasteiger partial charge in [-0.2, -0.15) is 0 Å². The number of benzene rings is 1. The third-order valence-corrected chi connectivity index (χ3v) is 3.96. The molecule has 0 radical (unpaired) electrons. The Labute approximate surface area is 142 Å². The molecule has 8 heteroatoms. The summed E-state index contributed by atoms with van der Waals surface area (Å²) in [4.78, 5) is 23.3. The Hall–Kier alpha value is -1.50. The summed E-state index contributed by atoms with van der Waals surface area (Å²) in [6.07, 6.45) is 1.66. The molecule has 0 aromatic heterocycles. The molecule has 0 spiro atoms. The minimum atomic E-state index is -4.38. The topological polar surface area (TPSA) is 84.9 Å². The Kier molecular flexibility index (Phi) is 7.79. The van der Waals surface area contributed by atoms with Gasteiger partial charge >= 0.3 is 5.97 Å². The number of ether oxygens (including phenoxy) is 1. The molecule has 1 aromatic rings. The summed E-state index contributed by atoms with van der Waals surface area (Å²) in [5.41, 5.74) is 1.25. The summed E-state index contributed by atoms with van der Waals surface area (Å²) in [6, 6.07) is 6.67. The molecule has 0 aliphatic rings. The number of phosphoric acid groups is 1. The Morgan fingerprint density at radius 3 is 2.29 bits per heavy atom. The lowest BCUT2D eigenvalue weighted by Gasteiger charge is -2.27. The molecule has 0 amide bonds. The fourth-order valence-electron chi connectivity index (χ4n) is 1.59. The molecule has 0 saturated heterocycles. The van der Waals surface area contributed by atoms with Gasteiger partial charge in [0, 0.05) is 0 Å². The van der Waals surface area contributed by atoms with Crippen molar-refractivity contribution in [2.24, 2.45) is 0 Å². The van der Waals surface area contributed by atoms with Crippen LogP contribution >= 0.6 is 7.82 Å². The Bertz CT molecular complexity index is 594. The SMILES string of the molecule is C=Cc1ccc(C(=O)OCCOP(=O)([O-])OCC[N+](C)(C)C)cc1. The molecule has 0 heterocycles. The Balaban J connectivity index is 2.29. The molecule has 1 unspecified atom stereocenters. The van der Waals surface area contributed by atoms with Crippen LogP contribution in [0.2, 0.25) is 0 Å². The predicted molar refractivity (Wildman–Crippen MR) is 89.2 cm³/mol. The number of rotatable bonds is 10. The third kappa shape index (κ3) is 8.38. The van der Waals surface area contributed by atoms with E-state index in [0.717, 1.165) is 5.56 Å². The lowest BCUT2D eigenvalue weighted by atomic mass is 10.1. The van der Waals surface area contributed by atoms with Crippen LogP contribution in [-0.4, -0.2) is 58.0 Å². The molecule has 1 atom stereocenters. The maximum atomic E-state index is 11.8. The van der Waals surface area contributed by atoms with Gasteiger partial charge in [0.1, 0.15) is 19.8 Å². The summed E-state index contributed by atoms with van der Waals surface area (Å²) in [7, 11) is 1.37. The highest BCUT2D eigenvalue weighted by Crippen LogP contribution is 2.37. The molecule has 0 fully saturated rings. The first kappa shape index (κ1) is 20.5. The Morgan fingerprint density at radius 2 is 1.75 bits per heavy atom. The standard InChI is InChI=1S/C16H24NO6P/c1-5-14-6-8-15(9-7-14)16(18)21-12-13-23-24(19,20)22-11-10-17(2,3)4/h5-9H,1,10-13H2,2-4H3. The quantitative estimate of drug-likeness (QED) is 0.274. The van der Waals surface area contributed by atoms with Crippen LogP contribution in [0, 0.1) is 0 Å². The van der Waals surface area contributed by atoms with Gasteiger partial charge in [0.25, 0.3) is 7.82 Å². The smallest absolute Gasteiger partial charge is 0.338 e. The predicted octanol–water partition coefficient (Wildman–Crippen LogP) is 1.69. The highest BCUT2D eigenvalue weighted by atomic mass is 31.2. The molecule has 0 saturated carbocycles. The fourth-order valence-corrected chi connectivity index (χ4v) is 2.26. The van der Waals surface area contributed by atoms with E-state index < -0.39 is 13.8 Å². The van der Waals surface area contributed by atoms with Gasteiger partial charge in [-0.3, -0.25) is 4.57 Å². The maximum Gasteiger partial charge on any atom is 0.338 e. The largest absolute Gasteiger partial charge is 0.756 e. The first-order chi connectivity index (χ1) is 11.1. The van der Waals surface area contributed by atoms with Gasteiger partial charge in [0.05, 0.1) is 33.3 Å².